The molecule has 2 saturated heterocycles. The molecule has 5 amide bonds. The molecule has 13 heteroatoms. The minimum atomic E-state index is -0.687. The van der Waals surface area contributed by atoms with Crippen LogP contribution in [0.25, 0.3) is 33.3 Å². The van der Waals surface area contributed by atoms with Crippen molar-refractivity contribution in [2.45, 2.75) is 77.2 Å². The van der Waals surface area contributed by atoms with Crippen LogP contribution in [0.4, 0.5) is 0 Å². The molecule has 0 bridgehead atoms. The van der Waals surface area contributed by atoms with Crippen molar-refractivity contribution in [3.63, 3.8) is 0 Å². The third-order valence-electron chi connectivity index (χ3n) is 12.7. The maximum atomic E-state index is 13.5. The van der Waals surface area contributed by atoms with E-state index in [1.54, 1.807) is 24.0 Å². The predicted octanol–water partition coefficient (Wildman–Crippen LogP) is 5.18. The Morgan fingerprint density at radius 2 is 1.73 bits per heavy atom. The summed E-state index contributed by atoms with van der Waals surface area (Å²) in [5.41, 5.74) is 8.32. The van der Waals surface area contributed by atoms with E-state index < -0.39 is 11.9 Å². The van der Waals surface area contributed by atoms with Crippen molar-refractivity contribution in [1.29, 1.82) is 0 Å². The smallest absolute Gasteiger partial charge is 0.255 e. The number of hydrogen-bond acceptors (Lipinski definition) is 8. The normalized spacial score (nSPS) is 18.9. The van der Waals surface area contributed by atoms with Gasteiger partial charge in [0.25, 0.3) is 11.8 Å². The summed E-state index contributed by atoms with van der Waals surface area (Å²) < 4.78 is 8.01. The highest BCUT2D eigenvalue weighted by molar-refractivity contribution is 6.06. The van der Waals surface area contributed by atoms with Crippen LogP contribution in [-0.2, 0) is 45.3 Å². The standard InChI is InChI=1S/C47H43N7O6/c1-28(55)51-18-19-53-41(27-51)43(50-44(53)30-15-20-60-21-16-30)35-9-5-8-31-23-39(48-24-37(31)35)32-11-12-34-33(22-32)25-52(46(34)58)17-3-2-6-29-7-4-10-36-38(29)26-54(47(36)59)40-13-14-42(56)49-45(40)57/h4-5,7-12,22-24,30,40H,3,13-21,25-27H2,1H3,(H,49,56,57). The molecule has 0 spiro atoms. The second kappa shape index (κ2) is 15.2. The van der Waals surface area contributed by atoms with Gasteiger partial charge in [0.1, 0.15) is 11.9 Å². The number of imide groups is 1. The molecule has 302 valence electrons. The molecule has 0 saturated carbocycles. The first kappa shape index (κ1) is 37.6. The van der Waals surface area contributed by atoms with Crippen molar-refractivity contribution < 1.29 is 28.7 Å². The molecule has 2 aromatic heterocycles. The highest BCUT2D eigenvalue weighted by Gasteiger charge is 2.40. The number of carbonyl (C=O) groups excluding carboxylic acids is 5. The van der Waals surface area contributed by atoms with Crippen LogP contribution in [0.15, 0.2) is 66.9 Å². The number of imidazole rings is 1. The number of rotatable bonds is 6. The van der Waals surface area contributed by atoms with Gasteiger partial charge < -0.3 is 24.0 Å². The van der Waals surface area contributed by atoms with Gasteiger partial charge in [0, 0.05) is 111 Å². The number of nitrogens with zero attached hydrogens (tertiary/aromatic N) is 6. The lowest BCUT2D eigenvalue weighted by Gasteiger charge is -2.30. The zero-order chi connectivity index (χ0) is 41.1. The highest BCUT2D eigenvalue weighted by atomic mass is 16.5. The molecule has 5 aliphatic heterocycles. The molecule has 3 aromatic carbocycles. The van der Waals surface area contributed by atoms with Gasteiger partial charge in [0.15, 0.2) is 0 Å². The number of pyridine rings is 1. The first-order valence-corrected chi connectivity index (χ1v) is 20.7. The van der Waals surface area contributed by atoms with Crippen LogP contribution in [0, 0.1) is 11.8 Å². The highest BCUT2D eigenvalue weighted by Crippen LogP contribution is 2.38. The van der Waals surface area contributed by atoms with Gasteiger partial charge in [-0.2, -0.15) is 0 Å². The number of hydrogen-bond donors (Lipinski definition) is 1. The summed E-state index contributed by atoms with van der Waals surface area (Å²) in [6.07, 6.45) is 4.72. The number of benzene rings is 3. The van der Waals surface area contributed by atoms with Gasteiger partial charge >= 0.3 is 0 Å². The number of fused-ring (bicyclic) bond motifs is 4. The third kappa shape index (κ3) is 6.61. The van der Waals surface area contributed by atoms with Gasteiger partial charge in [-0.15, -0.1) is 0 Å². The molecule has 10 rings (SSSR count). The van der Waals surface area contributed by atoms with Crippen molar-refractivity contribution in [3.05, 3.63) is 106 Å². The largest absolute Gasteiger partial charge is 0.381 e. The summed E-state index contributed by atoms with van der Waals surface area (Å²) in [5, 5.41) is 4.36. The molecule has 5 aliphatic rings. The topological polar surface area (TPSA) is 147 Å². The van der Waals surface area contributed by atoms with Gasteiger partial charge in [0.05, 0.1) is 23.6 Å². The minimum Gasteiger partial charge on any atom is -0.381 e. The van der Waals surface area contributed by atoms with Crippen LogP contribution in [-0.4, -0.2) is 91.1 Å². The Bertz CT molecular complexity index is 2720. The van der Waals surface area contributed by atoms with Gasteiger partial charge in [-0.25, -0.2) is 4.98 Å². The molecule has 1 N–H and O–H groups in total. The van der Waals surface area contributed by atoms with Gasteiger partial charge in [0.2, 0.25) is 17.7 Å². The fraction of sp³-hybridized carbons (Fsp3) is 0.340. The summed E-state index contributed by atoms with van der Waals surface area (Å²) in [5.74, 6) is 6.84. The van der Waals surface area contributed by atoms with Crippen LogP contribution >= 0.6 is 0 Å². The molecular weight excluding hydrogens is 759 g/mol. The quantitative estimate of drug-likeness (QED) is 0.183. The van der Waals surface area contributed by atoms with Crippen molar-refractivity contribution >= 4 is 40.3 Å². The van der Waals surface area contributed by atoms with Crippen molar-refractivity contribution in [2.75, 3.05) is 26.3 Å². The summed E-state index contributed by atoms with van der Waals surface area (Å²) in [6, 6.07) is 18.9. The number of carbonyl (C=O) groups is 5. The Hall–Kier alpha value is -6.65. The van der Waals surface area contributed by atoms with Gasteiger partial charge in [-0.05, 0) is 66.1 Å². The molecular formula is C47H43N7O6. The Kier molecular flexibility index (Phi) is 9.52. The summed E-state index contributed by atoms with van der Waals surface area (Å²) in [6.45, 7) is 6.16. The maximum Gasteiger partial charge on any atom is 0.255 e. The molecule has 1 atom stereocenters. The lowest BCUT2D eigenvalue weighted by atomic mass is 9.99. The minimum absolute atomic E-state index is 0.0348. The fourth-order valence-corrected chi connectivity index (χ4v) is 9.46. The first-order chi connectivity index (χ1) is 29.2. The van der Waals surface area contributed by atoms with Crippen LogP contribution in [0.2, 0.25) is 0 Å². The van der Waals surface area contributed by atoms with E-state index in [9.17, 15) is 24.0 Å². The van der Waals surface area contributed by atoms with Crippen LogP contribution in [0.1, 0.15) is 93.9 Å². The van der Waals surface area contributed by atoms with E-state index in [1.165, 1.54) is 4.90 Å². The van der Waals surface area contributed by atoms with Crippen LogP contribution < -0.4 is 5.32 Å². The Morgan fingerprint density at radius 3 is 2.57 bits per heavy atom. The number of amides is 5. The maximum absolute atomic E-state index is 13.5. The molecule has 1 unspecified atom stereocenters. The van der Waals surface area contributed by atoms with E-state index >= 15 is 0 Å². The number of piperidine rings is 1. The molecule has 13 nitrogen and oxygen atoms in total. The number of ether oxygens (including phenoxy) is 1. The predicted molar refractivity (Wildman–Crippen MR) is 221 cm³/mol. The molecule has 0 aliphatic carbocycles. The van der Waals surface area contributed by atoms with E-state index in [-0.39, 0.29) is 36.6 Å². The molecule has 2 fully saturated rings. The SMILES string of the molecule is CC(=O)N1CCn2c(C3CCOCC3)nc(-c3cccc4cc(-c5ccc6c(c5)CN(CCC#Cc5cccc7c5CN(C5CCC(=O)NC5=O)C7=O)C6=O)ncc34)c2C1. The second-order valence-corrected chi connectivity index (χ2v) is 16.2. The molecule has 0 radical (unpaired) electrons. The van der Waals surface area contributed by atoms with Crippen molar-refractivity contribution in [1.82, 2.24) is 34.6 Å². The van der Waals surface area contributed by atoms with E-state index in [1.807, 2.05) is 29.3 Å². The van der Waals surface area contributed by atoms with E-state index in [0.29, 0.717) is 56.1 Å². The fourth-order valence-electron chi connectivity index (χ4n) is 9.46. The molecule has 7 heterocycles. The zero-order valence-electron chi connectivity index (χ0n) is 33.3. The van der Waals surface area contributed by atoms with Crippen molar-refractivity contribution in [3.8, 4) is 34.4 Å². The number of nitrogens with one attached hydrogen (secondary N) is 1. The van der Waals surface area contributed by atoms with Gasteiger partial charge in [-0.3, -0.25) is 34.3 Å². The molecule has 5 aromatic rings. The Labute approximate surface area is 346 Å². The average Bonchev–Trinajstić information content (AvgIpc) is 3.92. The van der Waals surface area contributed by atoms with E-state index in [0.717, 1.165) is 94.1 Å². The first-order valence-electron chi connectivity index (χ1n) is 20.7. The van der Waals surface area contributed by atoms with E-state index in [4.69, 9.17) is 14.7 Å². The Balaban J connectivity index is 0.849. The lowest BCUT2D eigenvalue weighted by Crippen LogP contribution is -2.52. The monoisotopic (exact) mass is 801 g/mol. The second-order valence-electron chi connectivity index (χ2n) is 16.2. The average molecular weight is 802 g/mol. The van der Waals surface area contributed by atoms with Crippen LogP contribution in [0.3, 0.4) is 0 Å². The van der Waals surface area contributed by atoms with E-state index in [2.05, 4.69) is 52.1 Å². The number of aromatic nitrogens is 3. The zero-order valence-corrected chi connectivity index (χ0v) is 33.3. The summed E-state index contributed by atoms with van der Waals surface area (Å²) in [4.78, 5) is 78.8. The Morgan fingerprint density at radius 1 is 0.900 bits per heavy atom. The van der Waals surface area contributed by atoms with Crippen LogP contribution in [0.5, 0.6) is 0 Å². The molecule has 60 heavy (non-hydrogen) atoms. The third-order valence-corrected chi connectivity index (χ3v) is 12.7. The van der Waals surface area contributed by atoms with Gasteiger partial charge in [-0.1, -0.05) is 42.2 Å². The lowest BCUT2D eigenvalue weighted by molar-refractivity contribution is -0.137. The van der Waals surface area contributed by atoms with Crippen molar-refractivity contribution in [2.24, 2.45) is 0 Å². The summed E-state index contributed by atoms with van der Waals surface area (Å²) in [7, 11) is 0. The summed E-state index contributed by atoms with van der Waals surface area (Å²) >= 11 is 0.